The fourth-order valence-electron chi connectivity index (χ4n) is 1.47. The Morgan fingerprint density at radius 2 is 1.21 bits per heavy atom. The fourth-order valence-corrected chi connectivity index (χ4v) is 1.47. The van der Waals surface area contributed by atoms with Gasteiger partial charge in [-0.1, -0.05) is 0 Å². The van der Waals surface area contributed by atoms with Gasteiger partial charge in [-0.25, -0.2) is 0 Å². The second kappa shape index (κ2) is 3.62. The van der Waals surface area contributed by atoms with E-state index in [1.54, 1.807) is 13.8 Å². The minimum Gasteiger partial charge on any atom is -0.506 e. The lowest BCUT2D eigenvalue weighted by atomic mass is 9.94. The third-order valence-corrected chi connectivity index (χ3v) is 2.68. The normalized spacial score (nSPS) is 9.93. The molecule has 1 aromatic rings. The Morgan fingerprint density at radius 3 is 1.50 bits per heavy atom. The molecular formula is C11H12O3. The van der Waals surface area contributed by atoms with Crippen LogP contribution in [-0.4, -0.2) is 17.7 Å². The quantitative estimate of drug-likeness (QED) is 0.728. The van der Waals surface area contributed by atoms with Gasteiger partial charge in [0.1, 0.15) is 5.75 Å². The molecule has 0 amide bonds. The lowest BCUT2D eigenvalue weighted by Crippen LogP contribution is -2.00. The van der Waals surface area contributed by atoms with Gasteiger partial charge in [0.05, 0.1) is 11.1 Å². The fraction of sp³-hybridized carbons (Fsp3) is 0.273. The van der Waals surface area contributed by atoms with Crippen LogP contribution in [0.5, 0.6) is 5.75 Å². The Labute approximate surface area is 82.4 Å². The summed E-state index contributed by atoms with van der Waals surface area (Å²) >= 11 is 0. The van der Waals surface area contributed by atoms with Crippen LogP contribution in [-0.2, 0) is 0 Å². The molecule has 0 saturated heterocycles. The van der Waals surface area contributed by atoms with Gasteiger partial charge in [0.15, 0.2) is 12.6 Å². The maximum atomic E-state index is 10.7. The molecule has 1 N–H and O–H groups in total. The molecule has 0 aliphatic carbocycles. The number of hydrogen-bond donors (Lipinski definition) is 1. The summed E-state index contributed by atoms with van der Waals surface area (Å²) in [4.78, 5) is 21.4. The summed E-state index contributed by atoms with van der Waals surface area (Å²) in [6, 6.07) is 0. The van der Waals surface area contributed by atoms with Crippen molar-refractivity contribution in [3.05, 3.63) is 27.8 Å². The highest BCUT2D eigenvalue weighted by molar-refractivity contribution is 5.91. The molecule has 3 heteroatoms. The highest BCUT2D eigenvalue weighted by Gasteiger charge is 2.15. The van der Waals surface area contributed by atoms with Gasteiger partial charge in [0.25, 0.3) is 0 Å². The molecule has 0 spiro atoms. The van der Waals surface area contributed by atoms with E-state index < -0.39 is 0 Å². The van der Waals surface area contributed by atoms with E-state index in [1.165, 1.54) is 0 Å². The molecule has 0 aliphatic rings. The van der Waals surface area contributed by atoms with Crippen molar-refractivity contribution in [1.29, 1.82) is 0 Å². The third kappa shape index (κ3) is 1.31. The van der Waals surface area contributed by atoms with Crippen molar-refractivity contribution in [2.24, 2.45) is 0 Å². The zero-order valence-corrected chi connectivity index (χ0v) is 8.42. The van der Waals surface area contributed by atoms with E-state index in [0.717, 1.165) is 16.7 Å². The van der Waals surface area contributed by atoms with Crippen LogP contribution in [0, 0.1) is 20.8 Å². The molecule has 0 atom stereocenters. The van der Waals surface area contributed by atoms with Crippen molar-refractivity contribution in [1.82, 2.24) is 0 Å². The number of phenolic OH excluding ortho intramolecular Hbond substituents is 1. The molecule has 3 nitrogen and oxygen atoms in total. The molecule has 0 aromatic heterocycles. The highest BCUT2D eigenvalue weighted by Crippen LogP contribution is 2.29. The van der Waals surface area contributed by atoms with Crippen LogP contribution in [0.25, 0.3) is 0 Å². The summed E-state index contributed by atoms with van der Waals surface area (Å²) in [7, 11) is 0. The number of rotatable bonds is 2. The van der Waals surface area contributed by atoms with E-state index in [1.807, 2.05) is 6.92 Å². The first-order valence-corrected chi connectivity index (χ1v) is 4.27. The molecule has 0 heterocycles. The Kier molecular flexibility index (Phi) is 2.70. The summed E-state index contributed by atoms with van der Waals surface area (Å²) in [5, 5.41) is 9.61. The van der Waals surface area contributed by atoms with Crippen molar-refractivity contribution < 1.29 is 14.7 Å². The van der Waals surface area contributed by atoms with Crippen LogP contribution in [0.2, 0.25) is 0 Å². The van der Waals surface area contributed by atoms with E-state index in [-0.39, 0.29) is 16.9 Å². The lowest BCUT2D eigenvalue weighted by molar-refractivity contribution is 0.111. The van der Waals surface area contributed by atoms with E-state index in [4.69, 9.17) is 0 Å². The topological polar surface area (TPSA) is 54.4 Å². The van der Waals surface area contributed by atoms with Gasteiger partial charge in [-0.3, -0.25) is 9.59 Å². The largest absolute Gasteiger partial charge is 0.506 e. The maximum Gasteiger partial charge on any atom is 0.154 e. The number of benzene rings is 1. The maximum absolute atomic E-state index is 10.7. The van der Waals surface area contributed by atoms with E-state index >= 15 is 0 Å². The Balaban J connectivity index is 3.72. The summed E-state index contributed by atoms with van der Waals surface area (Å²) in [6.45, 7) is 5.32. The number of aromatic hydroxyl groups is 1. The molecule has 1 rings (SSSR count). The van der Waals surface area contributed by atoms with E-state index in [0.29, 0.717) is 12.6 Å². The van der Waals surface area contributed by atoms with Gasteiger partial charge in [-0.05, 0) is 37.5 Å². The second-order valence-corrected chi connectivity index (χ2v) is 3.29. The number of carbonyl (C=O) groups is 2. The van der Waals surface area contributed by atoms with Gasteiger partial charge in [0.2, 0.25) is 0 Å². The van der Waals surface area contributed by atoms with Crippen molar-refractivity contribution in [3.8, 4) is 5.75 Å². The first-order valence-electron chi connectivity index (χ1n) is 4.27. The SMILES string of the molecule is Cc1c(C)c(C=O)c(O)c(C=O)c1C. The molecule has 0 unspecified atom stereocenters. The monoisotopic (exact) mass is 192 g/mol. The minimum absolute atomic E-state index is 0.204. The molecule has 0 radical (unpaired) electrons. The predicted octanol–water partition coefficient (Wildman–Crippen LogP) is 1.94. The van der Waals surface area contributed by atoms with Gasteiger partial charge in [-0.15, -0.1) is 0 Å². The average Bonchev–Trinajstić information content (AvgIpc) is 2.16. The summed E-state index contributed by atoms with van der Waals surface area (Å²) in [6.07, 6.45) is 1.15. The summed E-state index contributed by atoms with van der Waals surface area (Å²) < 4.78 is 0. The summed E-state index contributed by atoms with van der Waals surface area (Å²) in [5.74, 6) is -0.212. The van der Waals surface area contributed by atoms with Gasteiger partial charge < -0.3 is 5.11 Å². The van der Waals surface area contributed by atoms with Gasteiger partial charge >= 0.3 is 0 Å². The van der Waals surface area contributed by atoms with Crippen LogP contribution >= 0.6 is 0 Å². The highest BCUT2D eigenvalue weighted by atomic mass is 16.3. The molecule has 0 bridgehead atoms. The number of aldehydes is 2. The van der Waals surface area contributed by atoms with Crippen molar-refractivity contribution in [2.75, 3.05) is 0 Å². The van der Waals surface area contributed by atoms with Crippen molar-refractivity contribution >= 4 is 12.6 Å². The van der Waals surface area contributed by atoms with E-state index in [9.17, 15) is 14.7 Å². The molecule has 0 fully saturated rings. The van der Waals surface area contributed by atoms with Crippen LogP contribution in [0.4, 0.5) is 0 Å². The number of hydrogen-bond acceptors (Lipinski definition) is 3. The predicted molar refractivity (Wildman–Crippen MR) is 53.1 cm³/mol. The van der Waals surface area contributed by atoms with E-state index in [2.05, 4.69) is 0 Å². The molecule has 74 valence electrons. The molecular weight excluding hydrogens is 180 g/mol. The number of phenols is 1. The molecule has 0 saturated carbocycles. The number of carbonyl (C=O) groups excluding carboxylic acids is 2. The smallest absolute Gasteiger partial charge is 0.154 e. The average molecular weight is 192 g/mol. The van der Waals surface area contributed by atoms with Crippen molar-refractivity contribution in [3.63, 3.8) is 0 Å². The van der Waals surface area contributed by atoms with Gasteiger partial charge in [0, 0.05) is 0 Å². The van der Waals surface area contributed by atoms with Crippen LogP contribution < -0.4 is 0 Å². The standard InChI is InChI=1S/C11H12O3/c1-6-7(2)9(4-12)11(14)10(5-13)8(6)3/h4-5,14H,1-3H3. The Morgan fingerprint density at radius 1 is 0.857 bits per heavy atom. The zero-order chi connectivity index (χ0) is 10.9. The molecule has 1 aromatic carbocycles. The van der Waals surface area contributed by atoms with Crippen molar-refractivity contribution in [2.45, 2.75) is 20.8 Å². The molecule has 14 heavy (non-hydrogen) atoms. The van der Waals surface area contributed by atoms with Crippen LogP contribution in [0.1, 0.15) is 37.4 Å². The summed E-state index contributed by atoms with van der Waals surface area (Å²) in [5.41, 5.74) is 2.72. The lowest BCUT2D eigenvalue weighted by Gasteiger charge is -2.12. The Bertz CT molecular complexity index is 370. The second-order valence-electron chi connectivity index (χ2n) is 3.29. The molecule has 0 aliphatic heterocycles. The Hall–Kier alpha value is -1.64. The van der Waals surface area contributed by atoms with Crippen LogP contribution in [0.15, 0.2) is 0 Å². The first-order chi connectivity index (χ1) is 6.54. The van der Waals surface area contributed by atoms with Gasteiger partial charge in [-0.2, -0.15) is 0 Å². The zero-order valence-electron chi connectivity index (χ0n) is 8.42. The first kappa shape index (κ1) is 10.4. The minimum atomic E-state index is -0.212. The third-order valence-electron chi connectivity index (χ3n) is 2.68. The van der Waals surface area contributed by atoms with Crippen LogP contribution in [0.3, 0.4) is 0 Å².